The first-order chi connectivity index (χ1) is 8.68. The lowest BCUT2D eigenvalue weighted by Gasteiger charge is -2.16. The van der Waals surface area contributed by atoms with Crippen LogP contribution in [-0.2, 0) is 13.5 Å². The van der Waals surface area contributed by atoms with E-state index < -0.39 is 0 Å². The molecule has 1 atom stereocenters. The summed E-state index contributed by atoms with van der Waals surface area (Å²) in [4.78, 5) is 0. The van der Waals surface area contributed by atoms with Gasteiger partial charge >= 0.3 is 0 Å². The van der Waals surface area contributed by atoms with Gasteiger partial charge in [-0.05, 0) is 25.0 Å². The highest BCUT2D eigenvalue weighted by molar-refractivity contribution is 5.28. The van der Waals surface area contributed by atoms with Crippen molar-refractivity contribution in [1.29, 1.82) is 0 Å². The SMILES string of the molecule is Cc1ccccc1C(C)NCCc1nncn1C. The molecule has 0 spiro atoms. The monoisotopic (exact) mass is 244 g/mol. The Hall–Kier alpha value is -1.68. The zero-order valence-electron chi connectivity index (χ0n) is 11.2. The highest BCUT2D eigenvalue weighted by Gasteiger charge is 2.07. The van der Waals surface area contributed by atoms with Gasteiger partial charge in [0.2, 0.25) is 0 Å². The lowest BCUT2D eigenvalue weighted by Crippen LogP contribution is -2.22. The third-order valence-electron chi connectivity index (χ3n) is 3.26. The lowest BCUT2D eigenvalue weighted by atomic mass is 10.0. The average molecular weight is 244 g/mol. The first-order valence-corrected chi connectivity index (χ1v) is 6.30. The fourth-order valence-corrected chi connectivity index (χ4v) is 2.12. The van der Waals surface area contributed by atoms with Crippen LogP contribution in [0.2, 0.25) is 0 Å². The molecule has 0 aliphatic rings. The molecular formula is C14H20N4. The summed E-state index contributed by atoms with van der Waals surface area (Å²) in [5.41, 5.74) is 2.69. The molecule has 2 aromatic rings. The summed E-state index contributed by atoms with van der Waals surface area (Å²) in [6, 6.07) is 8.85. The van der Waals surface area contributed by atoms with Crippen LogP contribution in [-0.4, -0.2) is 21.3 Å². The van der Waals surface area contributed by atoms with Gasteiger partial charge in [0.15, 0.2) is 0 Å². The van der Waals surface area contributed by atoms with Crippen molar-refractivity contribution in [2.24, 2.45) is 7.05 Å². The highest BCUT2D eigenvalue weighted by atomic mass is 15.2. The minimum absolute atomic E-state index is 0.361. The summed E-state index contributed by atoms with van der Waals surface area (Å²) in [5.74, 6) is 1.01. The van der Waals surface area contributed by atoms with E-state index in [-0.39, 0.29) is 0 Å². The molecule has 0 saturated heterocycles. The molecule has 0 fully saturated rings. The zero-order chi connectivity index (χ0) is 13.0. The molecule has 4 heteroatoms. The normalized spacial score (nSPS) is 12.6. The Morgan fingerprint density at radius 2 is 2.11 bits per heavy atom. The molecule has 2 rings (SSSR count). The van der Waals surface area contributed by atoms with E-state index in [1.165, 1.54) is 11.1 Å². The Morgan fingerprint density at radius 1 is 1.33 bits per heavy atom. The van der Waals surface area contributed by atoms with E-state index in [0.29, 0.717) is 6.04 Å². The van der Waals surface area contributed by atoms with Crippen molar-refractivity contribution in [2.75, 3.05) is 6.54 Å². The Kier molecular flexibility index (Phi) is 4.10. The Balaban J connectivity index is 1.87. The molecule has 0 aliphatic heterocycles. The number of nitrogens with one attached hydrogen (secondary N) is 1. The molecule has 96 valence electrons. The smallest absolute Gasteiger partial charge is 0.133 e. The fraction of sp³-hybridized carbons (Fsp3) is 0.429. The minimum Gasteiger partial charge on any atom is -0.321 e. The Morgan fingerprint density at radius 3 is 2.78 bits per heavy atom. The maximum absolute atomic E-state index is 4.08. The van der Waals surface area contributed by atoms with Gasteiger partial charge in [-0.2, -0.15) is 0 Å². The molecule has 0 saturated carbocycles. The summed E-state index contributed by atoms with van der Waals surface area (Å²) in [5, 5.41) is 11.5. The molecule has 0 amide bonds. The van der Waals surface area contributed by atoms with Gasteiger partial charge in [-0.15, -0.1) is 10.2 Å². The van der Waals surface area contributed by atoms with Crippen LogP contribution in [0.4, 0.5) is 0 Å². The van der Waals surface area contributed by atoms with Gasteiger partial charge in [0.25, 0.3) is 0 Å². The fourth-order valence-electron chi connectivity index (χ4n) is 2.12. The van der Waals surface area contributed by atoms with E-state index in [1.54, 1.807) is 6.33 Å². The van der Waals surface area contributed by atoms with Crippen LogP contribution in [0.5, 0.6) is 0 Å². The predicted molar refractivity (Wildman–Crippen MR) is 72.3 cm³/mol. The molecule has 1 N–H and O–H groups in total. The van der Waals surface area contributed by atoms with Crippen molar-refractivity contribution in [1.82, 2.24) is 20.1 Å². The van der Waals surface area contributed by atoms with Gasteiger partial charge in [-0.25, -0.2) is 0 Å². The number of hydrogen-bond donors (Lipinski definition) is 1. The number of aryl methyl sites for hydroxylation is 2. The van der Waals surface area contributed by atoms with E-state index in [9.17, 15) is 0 Å². The zero-order valence-corrected chi connectivity index (χ0v) is 11.2. The molecule has 0 radical (unpaired) electrons. The van der Waals surface area contributed by atoms with Crippen LogP contribution < -0.4 is 5.32 Å². The third kappa shape index (κ3) is 2.96. The van der Waals surface area contributed by atoms with Crippen LogP contribution in [0.3, 0.4) is 0 Å². The molecule has 1 heterocycles. The van der Waals surface area contributed by atoms with Gasteiger partial charge in [0, 0.05) is 26.1 Å². The quantitative estimate of drug-likeness (QED) is 0.875. The highest BCUT2D eigenvalue weighted by Crippen LogP contribution is 2.16. The molecule has 4 nitrogen and oxygen atoms in total. The van der Waals surface area contributed by atoms with Gasteiger partial charge in [0.1, 0.15) is 12.2 Å². The molecule has 1 unspecified atom stereocenters. The van der Waals surface area contributed by atoms with Crippen LogP contribution >= 0.6 is 0 Å². The second-order valence-corrected chi connectivity index (χ2v) is 4.64. The Bertz CT molecular complexity index is 504. The van der Waals surface area contributed by atoms with E-state index >= 15 is 0 Å². The van der Waals surface area contributed by atoms with E-state index in [0.717, 1.165) is 18.8 Å². The van der Waals surface area contributed by atoms with Crippen LogP contribution in [0, 0.1) is 6.92 Å². The standard InChI is InChI=1S/C14H20N4/c1-11-6-4-5-7-13(11)12(2)15-9-8-14-17-16-10-18(14)3/h4-7,10,12,15H,8-9H2,1-3H3. The summed E-state index contributed by atoms with van der Waals surface area (Å²) in [6.07, 6.45) is 2.63. The minimum atomic E-state index is 0.361. The Labute approximate surface area is 108 Å². The van der Waals surface area contributed by atoms with Crippen LogP contribution in [0.1, 0.15) is 29.9 Å². The summed E-state index contributed by atoms with van der Waals surface area (Å²) >= 11 is 0. The molecule has 0 aliphatic carbocycles. The summed E-state index contributed by atoms with van der Waals surface area (Å²) < 4.78 is 1.96. The third-order valence-corrected chi connectivity index (χ3v) is 3.26. The first-order valence-electron chi connectivity index (χ1n) is 6.30. The molecule has 0 bridgehead atoms. The van der Waals surface area contributed by atoms with Crippen LogP contribution in [0.25, 0.3) is 0 Å². The summed E-state index contributed by atoms with van der Waals surface area (Å²) in [7, 11) is 1.97. The lowest BCUT2D eigenvalue weighted by molar-refractivity contribution is 0.562. The van der Waals surface area contributed by atoms with Crippen LogP contribution in [0.15, 0.2) is 30.6 Å². The number of benzene rings is 1. The topological polar surface area (TPSA) is 42.7 Å². The maximum atomic E-state index is 4.08. The van der Waals surface area contributed by atoms with E-state index in [1.807, 2.05) is 11.6 Å². The second-order valence-electron chi connectivity index (χ2n) is 4.64. The first kappa shape index (κ1) is 12.8. The number of nitrogens with zero attached hydrogens (tertiary/aromatic N) is 3. The van der Waals surface area contributed by atoms with Crippen molar-refractivity contribution in [2.45, 2.75) is 26.3 Å². The van der Waals surface area contributed by atoms with Gasteiger partial charge < -0.3 is 9.88 Å². The van der Waals surface area contributed by atoms with Gasteiger partial charge in [-0.1, -0.05) is 24.3 Å². The predicted octanol–water partition coefficient (Wildman–Crippen LogP) is 2.02. The van der Waals surface area contributed by atoms with E-state index in [4.69, 9.17) is 0 Å². The van der Waals surface area contributed by atoms with Gasteiger partial charge in [-0.3, -0.25) is 0 Å². The number of aromatic nitrogens is 3. The molecular weight excluding hydrogens is 224 g/mol. The van der Waals surface area contributed by atoms with Gasteiger partial charge in [0.05, 0.1) is 0 Å². The summed E-state index contributed by atoms with van der Waals surface area (Å²) in [6.45, 7) is 5.25. The van der Waals surface area contributed by atoms with Crippen molar-refractivity contribution in [3.8, 4) is 0 Å². The van der Waals surface area contributed by atoms with Crippen molar-refractivity contribution < 1.29 is 0 Å². The van der Waals surface area contributed by atoms with Crippen molar-refractivity contribution in [3.63, 3.8) is 0 Å². The average Bonchev–Trinajstić information content (AvgIpc) is 2.75. The number of hydrogen-bond acceptors (Lipinski definition) is 3. The molecule has 1 aromatic carbocycles. The maximum Gasteiger partial charge on any atom is 0.133 e. The molecule has 18 heavy (non-hydrogen) atoms. The van der Waals surface area contributed by atoms with E-state index in [2.05, 4.69) is 53.6 Å². The number of rotatable bonds is 5. The molecule has 1 aromatic heterocycles. The van der Waals surface area contributed by atoms with Crippen molar-refractivity contribution >= 4 is 0 Å². The largest absolute Gasteiger partial charge is 0.321 e. The van der Waals surface area contributed by atoms with Crippen molar-refractivity contribution in [3.05, 3.63) is 47.5 Å². The second kappa shape index (κ2) is 5.78.